The molecule has 2 aromatic rings. The molecule has 3 nitrogen and oxygen atoms in total. The van der Waals surface area contributed by atoms with E-state index in [-0.39, 0.29) is 5.91 Å². The summed E-state index contributed by atoms with van der Waals surface area (Å²) in [5, 5.41) is 4.77. The van der Waals surface area contributed by atoms with E-state index in [1.54, 1.807) is 12.1 Å². The Morgan fingerprint density at radius 1 is 1.10 bits per heavy atom. The average Bonchev–Trinajstić information content (AvgIpc) is 2.46. The molecule has 1 N–H and O–H groups in total. The van der Waals surface area contributed by atoms with Crippen LogP contribution in [0.5, 0.6) is 0 Å². The summed E-state index contributed by atoms with van der Waals surface area (Å²) in [6.45, 7) is 1.84. The van der Waals surface area contributed by atoms with Crippen molar-refractivity contribution in [3.05, 3.63) is 70.7 Å². The summed E-state index contributed by atoms with van der Waals surface area (Å²) in [4.78, 5) is 11.8. The Hall–Kier alpha value is -2.13. The number of rotatable bonds is 4. The lowest BCUT2D eigenvalue weighted by molar-refractivity contribution is -0.120. The molecule has 0 saturated carbocycles. The number of carbonyl (C=O) groups excluding carboxylic acids is 1. The molecule has 0 unspecified atom stereocenters. The number of amides is 1. The number of hydrogen-bond acceptors (Lipinski definition) is 2. The van der Waals surface area contributed by atoms with Gasteiger partial charge in [0.15, 0.2) is 0 Å². The first kappa shape index (κ1) is 14.3. The Kier molecular flexibility index (Phi) is 4.91. The molecule has 2 rings (SSSR count). The first-order valence-corrected chi connectivity index (χ1v) is 6.66. The number of nitrogens with zero attached hydrogens (tertiary/aromatic N) is 1. The molecule has 0 aliphatic carbocycles. The van der Waals surface area contributed by atoms with E-state index in [4.69, 9.17) is 11.6 Å². The van der Waals surface area contributed by atoms with Gasteiger partial charge in [0, 0.05) is 5.02 Å². The largest absolute Gasteiger partial charge is 0.273 e. The molecule has 1 amide bonds. The van der Waals surface area contributed by atoms with Crippen molar-refractivity contribution in [1.82, 2.24) is 5.43 Å². The van der Waals surface area contributed by atoms with Gasteiger partial charge in [0.2, 0.25) is 5.91 Å². The number of hydrogen-bond donors (Lipinski definition) is 1. The van der Waals surface area contributed by atoms with Gasteiger partial charge in [-0.2, -0.15) is 5.10 Å². The lowest BCUT2D eigenvalue weighted by Gasteiger charge is -2.03. The third-order valence-electron chi connectivity index (χ3n) is 2.82. The Balaban J connectivity index is 1.95. The zero-order valence-electron chi connectivity index (χ0n) is 11.1. The monoisotopic (exact) mass is 286 g/mol. The Morgan fingerprint density at radius 2 is 1.75 bits per heavy atom. The van der Waals surface area contributed by atoms with Gasteiger partial charge in [0.25, 0.3) is 0 Å². The second kappa shape index (κ2) is 6.87. The van der Waals surface area contributed by atoms with Crippen LogP contribution >= 0.6 is 11.6 Å². The molecule has 4 heteroatoms. The van der Waals surface area contributed by atoms with Gasteiger partial charge in [-0.3, -0.25) is 4.79 Å². The van der Waals surface area contributed by atoms with E-state index in [0.29, 0.717) is 11.4 Å². The molecule has 0 aromatic heterocycles. The van der Waals surface area contributed by atoms with Crippen LogP contribution in [0.3, 0.4) is 0 Å². The van der Waals surface area contributed by atoms with Crippen LogP contribution in [0.25, 0.3) is 0 Å². The maximum Gasteiger partial charge on any atom is 0.244 e. The van der Waals surface area contributed by atoms with E-state index in [0.717, 1.165) is 16.8 Å². The first-order chi connectivity index (χ1) is 9.65. The van der Waals surface area contributed by atoms with Gasteiger partial charge in [-0.25, -0.2) is 5.43 Å². The van der Waals surface area contributed by atoms with Crippen molar-refractivity contribution in [1.29, 1.82) is 0 Å². The highest BCUT2D eigenvalue weighted by Gasteiger charge is 2.02. The van der Waals surface area contributed by atoms with Gasteiger partial charge < -0.3 is 0 Å². The van der Waals surface area contributed by atoms with Gasteiger partial charge in [-0.1, -0.05) is 54.1 Å². The Labute approximate surface area is 123 Å². The van der Waals surface area contributed by atoms with Crippen molar-refractivity contribution in [2.24, 2.45) is 5.10 Å². The molecule has 0 bridgehead atoms. The van der Waals surface area contributed by atoms with Crippen LogP contribution in [0.15, 0.2) is 59.7 Å². The van der Waals surface area contributed by atoms with E-state index in [1.807, 2.05) is 49.4 Å². The first-order valence-electron chi connectivity index (χ1n) is 6.28. The molecular weight excluding hydrogens is 272 g/mol. The molecule has 0 aliphatic rings. The van der Waals surface area contributed by atoms with Crippen molar-refractivity contribution < 1.29 is 4.79 Å². The van der Waals surface area contributed by atoms with Crippen LogP contribution in [0.1, 0.15) is 18.1 Å². The quantitative estimate of drug-likeness (QED) is 0.679. The Morgan fingerprint density at radius 3 is 2.40 bits per heavy atom. The minimum atomic E-state index is -0.135. The minimum Gasteiger partial charge on any atom is -0.273 e. The van der Waals surface area contributed by atoms with E-state index in [2.05, 4.69) is 10.5 Å². The molecule has 0 aliphatic heterocycles. The fourth-order valence-corrected chi connectivity index (χ4v) is 1.85. The van der Waals surface area contributed by atoms with E-state index >= 15 is 0 Å². The number of hydrazone groups is 1. The van der Waals surface area contributed by atoms with Gasteiger partial charge in [-0.05, 0) is 30.2 Å². The van der Waals surface area contributed by atoms with Crippen molar-refractivity contribution in [2.75, 3.05) is 0 Å². The van der Waals surface area contributed by atoms with E-state index in [1.165, 1.54) is 0 Å². The highest BCUT2D eigenvalue weighted by Crippen LogP contribution is 2.10. The molecule has 0 radical (unpaired) electrons. The molecule has 20 heavy (non-hydrogen) atoms. The molecule has 0 saturated heterocycles. The fourth-order valence-electron chi connectivity index (χ4n) is 1.72. The number of nitrogens with one attached hydrogen (secondary N) is 1. The zero-order valence-corrected chi connectivity index (χ0v) is 11.9. The maximum atomic E-state index is 11.8. The standard InChI is InChI=1S/C16H15ClN2O/c1-12(14-7-9-15(17)10-8-14)18-19-16(20)11-13-5-3-2-4-6-13/h2-10H,11H2,1H3,(H,19,20). The normalized spacial score (nSPS) is 11.2. The van der Waals surface area contributed by atoms with E-state index < -0.39 is 0 Å². The number of halogens is 1. The predicted octanol–water partition coefficient (Wildman–Crippen LogP) is 3.42. The molecular formula is C16H15ClN2O. The second-order valence-electron chi connectivity index (χ2n) is 4.40. The fraction of sp³-hybridized carbons (Fsp3) is 0.125. The van der Waals surface area contributed by atoms with Crippen molar-refractivity contribution in [2.45, 2.75) is 13.3 Å². The highest BCUT2D eigenvalue weighted by atomic mass is 35.5. The maximum absolute atomic E-state index is 11.8. The molecule has 0 heterocycles. The molecule has 0 fully saturated rings. The summed E-state index contributed by atoms with van der Waals surface area (Å²) in [7, 11) is 0. The van der Waals surface area contributed by atoms with Gasteiger partial charge in [-0.15, -0.1) is 0 Å². The van der Waals surface area contributed by atoms with Gasteiger partial charge >= 0.3 is 0 Å². The van der Waals surface area contributed by atoms with Gasteiger partial charge in [0.05, 0.1) is 12.1 Å². The third kappa shape index (κ3) is 4.21. The number of carbonyl (C=O) groups is 1. The SMILES string of the molecule is CC(=NNC(=O)Cc1ccccc1)c1ccc(Cl)cc1. The topological polar surface area (TPSA) is 41.5 Å². The van der Waals surface area contributed by atoms with Crippen molar-refractivity contribution in [3.8, 4) is 0 Å². The van der Waals surface area contributed by atoms with Crippen molar-refractivity contribution >= 4 is 23.2 Å². The smallest absolute Gasteiger partial charge is 0.244 e. The summed E-state index contributed by atoms with van der Waals surface area (Å²) in [6.07, 6.45) is 0.318. The zero-order chi connectivity index (χ0) is 14.4. The number of benzene rings is 2. The molecule has 2 aromatic carbocycles. The van der Waals surface area contributed by atoms with Crippen molar-refractivity contribution in [3.63, 3.8) is 0 Å². The summed E-state index contributed by atoms with van der Waals surface area (Å²) >= 11 is 5.82. The molecule has 0 spiro atoms. The average molecular weight is 287 g/mol. The molecule has 0 atom stereocenters. The van der Waals surface area contributed by atoms with Crippen LogP contribution in [-0.4, -0.2) is 11.6 Å². The lowest BCUT2D eigenvalue weighted by Crippen LogP contribution is -2.21. The predicted molar refractivity (Wildman–Crippen MR) is 82.0 cm³/mol. The Bertz CT molecular complexity index is 606. The second-order valence-corrected chi connectivity index (χ2v) is 4.84. The van der Waals surface area contributed by atoms with Crippen LogP contribution < -0.4 is 5.43 Å². The lowest BCUT2D eigenvalue weighted by atomic mass is 10.1. The summed E-state index contributed by atoms with van der Waals surface area (Å²) < 4.78 is 0. The highest BCUT2D eigenvalue weighted by molar-refractivity contribution is 6.30. The third-order valence-corrected chi connectivity index (χ3v) is 3.07. The van der Waals surface area contributed by atoms with Gasteiger partial charge in [0.1, 0.15) is 0 Å². The summed E-state index contributed by atoms with van der Waals surface area (Å²) in [6, 6.07) is 16.9. The van der Waals surface area contributed by atoms with Crippen LogP contribution in [0.2, 0.25) is 5.02 Å². The minimum absolute atomic E-state index is 0.135. The summed E-state index contributed by atoms with van der Waals surface area (Å²) in [5.41, 5.74) is 5.19. The van der Waals surface area contributed by atoms with E-state index in [9.17, 15) is 4.79 Å². The molecule has 102 valence electrons. The van der Waals surface area contributed by atoms with Crippen LogP contribution in [0.4, 0.5) is 0 Å². The van der Waals surface area contributed by atoms with Crippen LogP contribution in [-0.2, 0) is 11.2 Å². The van der Waals surface area contributed by atoms with Crippen LogP contribution in [0, 0.1) is 0 Å². The summed E-state index contributed by atoms with van der Waals surface area (Å²) in [5.74, 6) is -0.135.